The Kier molecular flexibility index (Phi) is 12.2. The predicted molar refractivity (Wildman–Crippen MR) is 72.5 cm³/mol. The van der Waals surface area contributed by atoms with Gasteiger partial charge >= 0.3 is 0 Å². The van der Waals surface area contributed by atoms with Crippen molar-refractivity contribution in [3.8, 4) is 0 Å². The van der Waals surface area contributed by atoms with Crippen LogP contribution in [0.4, 0.5) is 0 Å². The van der Waals surface area contributed by atoms with Crippen molar-refractivity contribution >= 4 is 17.3 Å². The van der Waals surface area contributed by atoms with Gasteiger partial charge < -0.3 is 32.7 Å². The van der Waals surface area contributed by atoms with E-state index >= 15 is 0 Å². The van der Waals surface area contributed by atoms with Gasteiger partial charge in [-0.1, -0.05) is 0 Å². The number of rotatable bonds is 10. The molecule has 0 atom stereocenters. The molecular formula is C9H24N6S. The van der Waals surface area contributed by atoms with Crippen LogP contribution in [-0.4, -0.2) is 57.5 Å². The molecule has 0 saturated heterocycles. The highest BCUT2D eigenvalue weighted by molar-refractivity contribution is 7.80. The number of thiocarbonyl (C=S) groups is 1. The average Bonchev–Trinajstić information content (AvgIpc) is 2.28. The summed E-state index contributed by atoms with van der Waals surface area (Å²) in [7, 11) is 0. The lowest BCUT2D eigenvalue weighted by Gasteiger charge is -2.11. The van der Waals surface area contributed by atoms with E-state index in [1.54, 1.807) is 0 Å². The summed E-state index contributed by atoms with van der Waals surface area (Å²) in [5.41, 5.74) is 10.7. The molecule has 0 heterocycles. The van der Waals surface area contributed by atoms with Crippen LogP contribution in [0.2, 0.25) is 0 Å². The van der Waals surface area contributed by atoms with Gasteiger partial charge in [0.1, 0.15) is 0 Å². The van der Waals surface area contributed by atoms with Crippen LogP contribution in [0.5, 0.6) is 0 Å². The number of nitrogens with one attached hydrogen (secondary N) is 4. The van der Waals surface area contributed by atoms with Crippen LogP contribution in [0.15, 0.2) is 0 Å². The normalized spacial score (nSPS) is 10.1. The Balaban J connectivity index is 3.12. The van der Waals surface area contributed by atoms with Gasteiger partial charge in [0.05, 0.1) is 0 Å². The molecule has 0 saturated carbocycles. The highest BCUT2D eigenvalue weighted by atomic mass is 32.1. The molecule has 0 rings (SSSR count). The van der Waals surface area contributed by atoms with E-state index in [-0.39, 0.29) is 0 Å². The smallest absolute Gasteiger partial charge is 0.166 e. The Bertz CT molecular complexity index is 150. The maximum atomic E-state index is 5.34. The van der Waals surface area contributed by atoms with E-state index in [0.29, 0.717) is 18.2 Å². The summed E-state index contributed by atoms with van der Waals surface area (Å²) < 4.78 is 0. The van der Waals surface area contributed by atoms with E-state index in [9.17, 15) is 0 Å². The first-order chi connectivity index (χ1) is 7.81. The van der Waals surface area contributed by atoms with Crippen LogP contribution in [0.1, 0.15) is 0 Å². The molecule has 0 aliphatic heterocycles. The second-order valence-corrected chi connectivity index (χ2v) is 3.67. The van der Waals surface area contributed by atoms with Crippen LogP contribution < -0.4 is 32.7 Å². The fourth-order valence-corrected chi connectivity index (χ4v) is 1.25. The average molecular weight is 248 g/mol. The zero-order valence-corrected chi connectivity index (χ0v) is 10.5. The molecule has 0 aliphatic carbocycles. The van der Waals surface area contributed by atoms with Crippen molar-refractivity contribution in [2.45, 2.75) is 0 Å². The molecule has 0 aliphatic rings. The van der Waals surface area contributed by atoms with Gasteiger partial charge in [-0.2, -0.15) is 0 Å². The van der Waals surface area contributed by atoms with E-state index in [1.807, 2.05) is 0 Å². The fraction of sp³-hybridized carbons (Fsp3) is 0.889. The van der Waals surface area contributed by atoms with Crippen molar-refractivity contribution in [1.29, 1.82) is 0 Å². The molecule has 96 valence electrons. The topological polar surface area (TPSA) is 100 Å². The Morgan fingerprint density at radius 2 is 1.19 bits per heavy atom. The molecule has 0 aromatic carbocycles. The largest absolute Gasteiger partial charge is 0.361 e. The van der Waals surface area contributed by atoms with Gasteiger partial charge in [0.25, 0.3) is 0 Å². The van der Waals surface area contributed by atoms with E-state index in [0.717, 1.165) is 39.3 Å². The summed E-state index contributed by atoms with van der Waals surface area (Å²) in [5.74, 6) is 0. The fourth-order valence-electron chi connectivity index (χ4n) is 1.05. The summed E-state index contributed by atoms with van der Waals surface area (Å²) in [4.78, 5) is 0. The van der Waals surface area contributed by atoms with Crippen LogP contribution in [0.25, 0.3) is 0 Å². The zero-order valence-electron chi connectivity index (χ0n) is 9.72. The van der Waals surface area contributed by atoms with Gasteiger partial charge in [-0.15, -0.1) is 0 Å². The molecule has 16 heavy (non-hydrogen) atoms. The first-order valence-electron chi connectivity index (χ1n) is 5.64. The Morgan fingerprint density at radius 3 is 1.56 bits per heavy atom. The molecule has 0 unspecified atom stereocenters. The molecule has 0 spiro atoms. The van der Waals surface area contributed by atoms with Gasteiger partial charge in [-0.25, -0.2) is 0 Å². The molecule has 0 aromatic heterocycles. The first kappa shape index (κ1) is 15.5. The SMILES string of the molecule is NCCNCCNC(=S)NCCNCCN. The van der Waals surface area contributed by atoms with Gasteiger partial charge in [0, 0.05) is 52.4 Å². The van der Waals surface area contributed by atoms with Gasteiger partial charge in [-0.05, 0) is 12.2 Å². The first-order valence-corrected chi connectivity index (χ1v) is 6.05. The standard InChI is InChI=1S/C9H24N6S/c10-1-3-12-5-7-14-9(16)15-8-6-13-4-2-11/h12-13H,1-8,10-11H2,(H2,14,15,16). The van der Waals surface area contributed by atoms with E-state index in [4.69, 9.17) is 23.7 Å². The Labute approximate surface area is 103 Å². The number of hydrogen-bond acceptors (Lipinski definition) is 5. The second kappa shape index (κ2) is 12.6. The molecule has 0 fully saturated rings. The lowest BCUT2D eigenvalue weighted by molar-refractivity contribution is 0.655. The predicted octanol–water partition coefficient (Wildman–Crippen LogP) is -2.45. The van der Waals surface area contributed by atoms with Crippen molar-refractivity contribution in [2.24, 2.45) is 11.5 Å². The van der Waals surface area contributed by atoms with Crippen LogP contribution in [-0.2, 0) is 0 Å². The summed E-state index contributed by atoms with van der Waals surface area (Å²) in [6, 6.07) is 0. The molecule has 7 heteroatoms. The maximum Gasteiger partial charge on any atom is 0.166 e. The highest BCUT2D eigenvalue weighted by Gasteiger charge is 1.93. The molecule has 0 amide bonds. The van der Waals surface area contributed by atoms with Crippen molar-refractivity contribution < 1.29 is 0 Å². The van der Waals surface area contributed by atoms with Crippen molar-refractivity contribution in [1.82, 2.24) is 21.3 Å². The molecular weight excluding hydrogens is 224 g/mol. The summed E-state index contributed by atoms with van der Waals surface area (Å²) in [6.45, 7) is 6.35. The van der Waals surface area contributed by atoms with Crippen LogP contribution in [0.3, 0.4) is 0 Å². The minimum absolute atomic E-state index is 0.662. The van der Waals surface area contributed by atoms with E-state index < -0.39 is 0 Å². The van der Waals surface area contributed by atoms with Crippen LogP contribution >= 0.6 is 12.2 Å². The Hall–Kier alpha value is -0.470. The van der Waals surface area contributed by atoms with Gasteiger partial charge in [0.2, 0.25) is 0 Å². The van der Waals surface area contributed by atoms with Crippen molar-refractivity contribution in [3.63, 3.8) is 0 Å². The number of hydrogen-bond donors (Lipinski definition) is 6. The Morgan fingerprint density at radius 1 is 0.750 bits per heavy atom. The molecule has 0 aromatic rings. The van der Waals surface area contributed by atoms with Crippen molar-refractivity contribution in [2.75, 3.05) is 52.4 Å². The third-order valence-electron chi connectivity index (χ3n) is 1.82. The lowest BCUT2D eigenvalue weighted by atomic mass is 10.5. The third kappa shape index (κ3) is 11.6. The molecule has 8 N–H and O–H groups in total. The lowest BCUT2D eigenvalue weighted by Crippen LogP contribution is -2.42. The minimum atomic E-state index is 0.662. The zero-order chi connectivity index (χ0) is 12.1. The molecule has 0 radical (unpaired) electrons. The number of nitrogens with two attached hydrogens (primary N) is 2. The maximum absolute atomic E-state index is 5.34. The second-order valence-electron chi connectivity index (χ2n) is 3.26. The van der Waals surface area contributed by atoms with E-state index in [2.05, 4.69) is 21.3 Å². The molecule has 6 nitrogen and oxygen atoms in total. The third-order valence-corrected chi connectivity index (χ3v) is 2.11. The highest BCUT2D eigenvalue weighted by Crippen LogP contribution is 1.67. The van der Waals surface area contributed by atoms with E-state index in [1.165, 1.54) is 0 Å². The van der Waals surface area contributed by atoms with Gasteiger partial charge in [0.15, 0.2) is 5.11 Å². The minimum Gasteiger partial charge on any atom is -0.361 e. The van der Waals surface area contributed by atoms with Crippen LogP contribution in [0, 0.1) is 0 Å². The monoisotopic (exact) mass is 248 g/mol. The quantitative estimate of drug-likeness (QED) is 0.188. The van der Waals surface area contributed by atoms with Crippen molar-refractivity contribution in [3.05, 3.63) is 0 Å². The van der Waals surface area contributed by atoms with Gasteiger partial charge in [-0.3, -0.25) is 0 Å². The summed E-state index contributed by atoms with van der Waals surface area (Å²) in [5, 5.41) is 13.2. The molecule has 0 bridgehead atoms. The summed E-state index contributed by atoms with van der Waals surface area (Å²) >= 11 is 5.08. The summed E-state index contributed by atoms with van der Waals surface area (Å²) in [6.07, 6.45) is 0.